The highest BCUT2D eigenvalue weighted by Gasteiger charge is 2.11. The van der Waals surface area contributed by atoms with Crippen molar-refractivity contribution in [1.29, 1.82) is 0 Å². The third-order valence-corrected chi connectivity index (χ3v) is 2.45. The average Bonchev–Trinajstić information content (AvgIpc) is 2.82. The molecule has 0 atom stereocenters. The van der Waals surface area contributed by atoms with Crippen LogP contribution in [0.5, 0.6) is 11.6 Å². The molecule has 2 heterocycles. The van der Waals surface area contributed by atoms with E-state index in [0.717, 1.165) is 6.54 Å². The van der Waals surface area contributed by atoms with E-state index in [0.29, 0.717) is 17.9 Å². The molecule has 0 spiro atoms. The molecule has 0 aliphatic carbocycles. The van der Waals surface area contributed by atoms with Gasteiger partial charge >= 0.3 is 0 Å². The molecule has 0 saturated heterocycles. The van der Waals surface area contributed by atoms with Crippen LogP contribution in [0.3, 0.4) is 0 Å². The molecule has 18 heavy (non-hydrogen) atoms. The molecule has 6 heteroatoms. The normalized spacial score (nSPS) is 10.6. The van der Waals surface area contributed by atoms with Gasteiger partial charge in [0.15, 0.2) is 11.6 Å². The van der Waals surface area contributed by atoms with E-state index < -0.39 is 5.82 Å². The maximum Gasteiger partial charge on any atom is 0.256 e. The lowest BCUT2D eigenvalue weighted by molar-refractivity contribution is 0.417. The van der Waals surface area contributed by atoms with Crippen LogP contribution in [0.1, 0.15) is 12.5 Å². The Morgan fingerprint density at radius 3 is 3.00 bits per heavy atom. The van der Waals surface area contributed by atoms with Crippen molar-refractivity contribution in [2.45, 2.75) is 20.0 Å². The molecule has 0 radical (unpaired) electrons. The molecule has 2 aromatic rings. The van der Waals surface area contributed by atoms with Gasteiger partial charge in [-0.1, -0.05) is 0 Å². The van der Waals surface area contributed by atoms with E-state index in [2.05, 4.69) is 15.4 Å². The van der Waals surface area contributed by atoms with Crippen molar-refractivity contribution in [2.24, 2.45) is 0 Å². The number of aromatic nitrogens is 3. The van der Waals surface area contributed by atoms with Gasteiger partial charge in [-0.15, -0.1) is 0 Å². The Hall–Kier alpha value is -1.95. The first-order valence-corrected chi connectivity index (χ1v) is 5.73. The van der Waals surface area contributed by atoms with Gasteiger partial charge in [-0.2, -0.15) is 5.10 Å². The number of ether oxygens (including phenoxy) is 1. The molecule has 0 fully saturated rings. The molecule has 0 amide bonds. The summed E-state index contributed by atoms with van der Waals surface area (Å²) >= 11 is 0. The molecule has 2 rings (SSSR count). The number of hydrogen-bond donors (Lipinski definition) is 1. The maximum absolute atomic E-state index is 14.0. The zero-order valence-corrected chi connectivity index (χ0v) is 10.4. The minimum atomic E-state index is -0.448. The molecule has 1 N–H and O–H groups in total. The standard InChI is InChI=1S/C12H15FN4O/c1-3-17-8-10(7-16-17)18-12-11(13)9(6-14-2)4-5-15-12/h4-5,7-8,14H,3,6H2,1-2H3. The zero-order valence-electron chi connectivity index (χ0n) is 10.4. The van der Waals surface area contributed by atoms with Crippen LogP contribution in [0, 0.1) is 5.82 Å². The second-order valence-corrected chi connectivity index (χ2v) is 3.75. The third-order valence-electron chi connectivity index (χ3n) is 2.45. The van der Waals surface area contributed by atoms with Crippen LogP contribution in [0.25, 0.3) is 0 Å². The summed E-state index contributed by atoms with van der Waals surface area (Å²) in [6.45, 7) is 3.13. The molecule has 0 unspecified atom stereocenters. The molecule has 0 aliphatic heterocycles. The van der Waals surface area contributed by atoms with E-state index in [9.17, 15) is 4.39 Å². The number of rotatable bonds is 5. The first-order valence-electron chi connectivity index (χ1n) is 5.73. The Bertz CT molecular complexity index is 527. The summed E-state index contributed by atoms with van der Waals surface area (Å²) < 4.78 is 21.1. The number of nitrogens with one attached hydrogen (secondary N) is 1. The summed E-state index contributed by atoms with van der Waals surface area (Å²) in [5.74, 6) is -0.000593. The predicted octanol–water partition coefficient (Wildman–Crippen LogP) is 1.95. The van der Waals surface area contributed by atoms with E-state index in [1.54, 1.807) is 24.0 Å². The summed E-state index contributed by atoms with van der Waals surface area (Å²) in [7, 11) is 1.76. The third kappa shape index (κ3) is 2.65. The van der Waals surface area contributed by atoms with Crippen LogP contribution < -0.4 is 10.1 Å². The van der Waals surface area contributed by atoms with Gasteiger partial charge < -0.3 is 10.1 Å². The van der Waals surface area contributed by atoms with E-state index in [1.165, 1.54) is 12.4 Å². The van der Waals surface area contributed by atoms with Crippen molar-refractivity contribution in [3.63, 3.8) is 0 Å². The molecule has 0 aromatic carbocycles. The van der Waals surface area contributed by atoms with Crippen molar-refractivity contribution < 1.29 is 9.13 Å². The molecule has 96 valence electrons. The number of nitrogens with zero attached hydrogens (tertiary/aromatic N) is 3. The van der Waals surface area contributed by atoms with Crippen molar-refractivity contribution in [2.75, 3.05) is 7.05 Å². The molecule has 5 nitrogen and oxygen atoms in total. The monoisotopic (exact) mass is 250 g/mol. The fraction of sp³-hybridized carbons (Fsp3) is 0.333. The minimum absolute atomic E-state index is 0.0293. The Balaban J connectivity index is 2.20. The highest BCUT2D eigenvalue weighted by Crippen LogP contribution is 2.23. The average molecular weight is 250 g/mol. The summed E-state index contributed by atoms with van der Waals surface area (Å²) in [6, 6.07) is 1.62. The minimum Gasteiger partial charge on any atom is -0.433 e. The highest BCUT2D eigenvalue weighted by molar-refractivity contribution is 5.27. The molecule has 0 aliphatic rings. The Morgan fingerprint density at radius 1 is 1.50 bits per heavy atom. The van der Waals surface area contributed by atoms with Gasteiger partial charge in [0.1, 0.15) is 0 Å². The predicted molar refractivity (Wildman–Crippen MR) is 64.9 cm³/mol. The Kier molecular flexibility index (Phi) is 3.88. The van der Waals surface area contributed by atoms with Crippen LogP contribution in [0.15, 0.2) is 24.7 Å². The quantitative estimate of drug-likeness (QED) is 0.881. The number of hydrogen-bond acceptors (Lipinski definition) is 4. The molecule has 0 saturated carbocycles. The number of aryl methyl sites for hydroxylation is 1. The largest absolute Gasteiger partial charge is 0.433 e. The first kappa shape index (κ1) is 12.5. The van der Waals surface area contributed by atoms with Gasteiger partial charge in [0, 0.05) is 24.8 Å². The SMILES string of the molecule is CCn1cc(Oc2nccc(CNC)c2F)cn1. The van der Waals surface area contributed by atoms with Crippen LogP contribution in [0.4, 0.5) is 4.39 Å². The van der Waals surface area contributed by atoms with Gasteiger partial charge in [-0.25, -0.2) is 9.37 Å². The summed E-state index contributed by atoms with van der Waals surface area (Å²) in [5, 5.41) is 6.94. The fourth-order valence-corrected chi connectivity index (χ4v) is 1.54. The highest BCUT2D eigenvalue weighted by atomic mass is 19.1. The lowest BCUT2D eigenvalue weighted by Crippen LogP contribution is -2.08. The number of pyridine rings is 1. The first-order chi connectivity index (χ1) is 8.74. The van der Waals surface area contributed by atoms with Crippen LogP contribution in [0.2, 0.25) is 0 Å². The van der Waals surface area contributed by atoms with E-state index in [1.807, 2.05) is 6.92 Å². The molecular formula is C12H15FN4O. The lowest BCUT2D eigenvalue weighted by atomic mass is 10.2. The van der Waals surface area contributed by atoms with E-state index in [-0.39, 0.29) is 5.88 Å². The molecular weight excluding hydrogens is 235 g/mol. The smallest absolute Gasteiger partial charge is 0.256 e. The summed E-state index contributed by atoms with van der Waals surface area (Å²) in [4.78, 5) is 3.89. The number of halogens is 1. The van der Waals surface area contributed by atoms with Crippen LogP contribution >= 0.6 is 0 Å². The van der Waals surface area contributed by atoms with Crippen molar-refractivity contribution in [1.82, 2.24) is 20.1 Å². The van der Waals surface area contributed by atoms with Gasteiger partial charge in [0.2, 0.25) is 0 Å². The topological polar surface area (TPSA) is 52.0 Å². The van der Waals surface area contributed by atoms with Gasteiger partial charge in [0.25, 0.3) is 5.88 Å². The molecule has 2 aromatic heterocycles. The Morgan fingerprint density at radius 2 is 2.33 bits per heavy atom. The fourth-order valence-electron chi connectivity index (χ4n) is 1.54. The maximum atomic E-state index is 14.0. The van der Waals surface area contributed by atoms with Crippen molar-refractivity contribution in [3.05, 3.63) is 36.0 Å². The zero-order chi connectivity index (χ0) is 13.0. The van der Waals surface area contributed by atoms with E-state index >= 15 is 0 Å². The van der Waals surface area contributed by atoms with Crippen molar-refractivity contribution >= 4 is 0 Å². The second kappa shape index (κ2) is 5.59. The summed E-state index contributed by atoms with van der Waals surface area (Å²) in [6.07, 6.45) is 4.76. The van der Waals surface area contributed by atoms with E-state index in [4.69, 9.17) is 4.74 Å². The Labute approximate surface area is 105 Å². The molecule has 0 bridgehead atoms. The van der Waals surface area contributed by atoms with Gasteiger partial charge in [0.05, 0.1) is 12.4 Å². The van der Waals surface area contributed by atoms with Crippen molar-refractivity contribution in [3.8, 4) is 11.6 Å². The van der Waals surface area contributed by atoms with Gasteiger partial charge in [-0.05, 0) is 20.0 Å². The summed E-state index contributed by atoms with van der Waals surface area (Å²) in [5.41, 5.74) is 0.519. The lowest BCUT2D eigenvalue weighted by Gasteiger charge is -2.06. The second-order valence-electron chi connectivity index (χ2n) is 3.75. The van der Waals surface area contributed by atoms with Crippen LogP contribution in [-0.4, -0.2) is 21.8 Å². The van der Waals surface area contributed by atoms with Crippen LogP contribution in [-0.2, 0) is 13.1 Å². The van der Waals surface area contributed by atoms with Gasteiger partial charge in [-0.3, -0.25) is 4.68 Å².